The molecule has 32 heavy (non-hydrogen) atoms. The SMILES string of the molecule is C[C@H](Nc1ncnc2nc[nH]c12)c1nc2cccc(Cl)c2c(=O)n1Nc1ccc(F)cc1. The van der Waals surface area contributed by atoms with Crippen molar-refractivity contribution in [1.82, 2.24) is 29.6 Å². The topological polar surface area (TPSA) is 113 Å². The number of nitrogens with zero attached hydrogens (tertiary/aromatic N) is 5. The fraction of sp³-hybridized carbons (Fsp3) is 0.0952. The number of imidazole rings is 1. The normalized spacial score (nSPS) is 12.2. The maximum absolute atomic E-state index is 13.4. The molecule has 0 aliphatic carbocycles. The van der Waals surface area contributed by atoms with Gasteiger partial charge in [0.15, 0.2) is 17.3 Å². The second-order valence-electron chi connectivity index (χ2n) is 7.05. The molecule has 0 radical (unpaired) electrons. The summed E-state index contributed by atoms with van der Waals surface area (Å²) in [5.41, 5.74) is 4.72. The second-order valence-corrected chi connectivity index (χ2v) is 7.46. The van der Waals surface area contributed by atoms with Crippen LogP contribution in [0.3, 0.4) is 0 Å². The van der Waals surface area contributed by atoms with Crippen molar-refractivity contribution in [2.75, 3.05) is 10.7 Å². The molecule has 2 aromatic carbocycles. The lowest BCUT2D eigenvalue weighted by molar-refractivity contribution is 0.627. The second kappa shape index (κ2) is 7.89. The van der Waals surface area contributed by atoms with E-state index >= 15 is 0 Å². The third kappa shape index (κ3) is 3.50. The highest BCUT2D eigenvalue weighted by Gasteiger charge is 2.20. The van der Waals surface area contributed by atoms with Crippen LogP contribution in [-0.2, 0) is 0 Å². The van der Waals surface area contributed by atoms with Crippen molar-refractivity contribution >= 4 is 45.2 Å². The zero-order chi connectivity index (χ0) is 22.2. The summed E-state index contributed by atoms with van der Waals surface area (Å²) in [5, 5.41) is 3.82. The number of fused-ring (bicyclic) bond motifs is 2. The maximum atomic E-state index is 13.4. The third-order valence-electron chi connectivity index (χ3n) is 4.92. The Labute approximate surface area is 185 Å². The molecule has 11 heteroatoms. The number of hydrogen-bond donors (Lipinski definition) is 3. The smallest absolute Gasteiger partial charge is 0.281 e. The van der Waals surface area contributed by atoms with Crippen molar-refractivity contribution in [3.63, 3.8) is 0 Å². The lowest BCUT2D eigenvalue weighted by Gasteiger charge is -2.21. The molecule has 3 heterocycles. The van der Waals surface area contributed by atoms with Crippen LogP contribution in [0.2, 0.25) is 5.02 Å². The summed E-state index contributed by atoms with van der Waals surface area (Å²) >= 11 is 6.30. The van der Waals surface area contributed by atoms with E-state index in [1.165, 1.54) is 41.6 Å². The molecule has 3 aromatic heterocycles. The van der Waals surface area contributed by atoms with Gasteiger partial charge in [-0.3, -0.25) is 10.2 Å². The largest absolute Gasteiger partial charge is 0.358 e. The molecule has 0 saturated carbocycles. The predicted octanol–water partition coefficient (Wildman–Crippen LogP) is 3.90. The molecule has 0 aliphatic heterocycles. The number of aromatic amines is 1. The van der Waals surface area contributed by atoms with Crippen molar-refractivity contribution in [2.45, 2.75) is 13.0 Å². The molecule has 0 unspecified atom stereocenters. The Balaban J connectivity index is 1.64. The van der Waals surface area contributed by atoms with Crippen LogP contribution in [0.15, 0.2) is 59.9 Å². The van der Waals surface area contributed by atoms with Crippen molar-refractivity contribution in [3.8, 4) is 0 Å². The summed E-state index contributed by atoms with van der Waals surface area (Å²) in [7, 11) is 0. The van der Waals surface area contributed by atoms with E-state index in [9.17, 15) is 9.18 Å². The number of nitrogens with one attached hydrogen (secondary N) is 3. The van der Waals surface area contributed by atoms with Crippen molar-refractivity contribution < 1.29 is 4.39 Å². The first kappa shape index (κ1) is 19.9. The highest BCUT2D eigenvalue weighted by Crippen LogP contribution is 2.24. The fourth-order valence-corrected chi connectivity index (χ4v) is 3.65. The zero-order valence-corrected chi connectivity index (χ0v) is 17.4. The summed E-state index contributed by atoms with van der Waals surface area (Å²) in [6.07, 6.45) is 2.92. The van der Waals surface area contributed by atoms with Crippen molar-refractivity contribution in [2.24, 2.45) is 0 Å². The van der Waals surface area contributed by atoms with Gasteiger partial charge in [0.05, 0.1) is 34.0 Å². The van der Waals surface area contributed by atoms with Crippen LogP contribution >= 0.6 is 11.6 Å². The molecule has 0 amide bonds. The Hall–Kier alpha value is -4.05. The number of halogens is 2. The maximum Gasteiger partial charge on any atom is 0.281 e. The van der Waals surface area contributed by atoms with Crippen LogP contribution < -0.4 is 16.3 Å². The van der Waals surface area contributed by atoms with E-state index in [4.69, 9.17) is 11.6 Å². The number of anilines is 2. The molecule has 0 bridgehead atoms. The Morgan fingerprint density at radius 2 is 1.94 bits per heavy atom. The molecule has 1 atom stereocenters. The molecule has 5 rings (SSSR count). The van der Waals surface area contributed by atoms with Crippen LogP contribution in [-0.4, -0.2) is 29.6 Å². The summed E-state index contributed by atoms with van der Waals surface area (Å²) in [5.74, 6) is 0.499. The lowest BCUT2D eigenvalue weighted by Crippen LogP contribution is -2.33. The molecule has 0 saturated heterocycles. The molecule has 0 spiro atoms. The highest BCUT2D eigenvalue weighted by atomic mass is 35.5. The molecule has 0 fully saturated rings. The molecular formula is C21H16ClFN8O. The van der Waals surface area contributed by atoms with E-state index in [1.807, 2.05) is 6.92 Å². The first-order chi connectivity index (χ1) is 15.5. The number of hydrogen-bond acceptors (Lipinski definition) is 7. The van der Waals surface area contributed by atoms with Gasteiger partial charge in [-0.1, -0.05) is 17.7 Å². The van der Waals surface area contributed by atoms with Gasteiger partial charge in [0.2, 0.25) is 0 Å². The predicted molar refractivity (Wildman–Crippen MR) is 120 cm³/mol. The van der Waals surface area contributed by atoms with Crippen molar-refractivity contribution in [3.05, 3.63) is 82.1 Å². The van der Waals surface area contributed by atoms with Gasteiger partial charge in [-0.05, 0) is 43.3 Å². The van der Waals surface area contributed by atoms with Gasteiger partial charge < -0.3 is 10.3 Å². The molecular weight excluding hydrogens is 435 g/mol. The minimum Gasteiger partial charge on any atom is -0.358 e. The Morgan fingerprint density at radius 3 is 2.75 bits per heavy atom. The molecule has 5 aromatic rings. The molecule has 3 N–H and O–H groups in total. The van der Waals surface area contributed by atoms with Crippen LogP contribution in [0.4, 0.5) is 15.9 Å². The van der Waals surface area contributed by atoms with Gasteiger partial charge in [0, 0.05) is 0 Å². The summed E-state index contributed by atoms with van der Waals surface area (Å²) < 4.78 is 14.7. The average Bonchev–Trinajstić information content (AvgIpc) is 3.27. The van der Waals surface area contributed by atoms with E-state index in [-0.39, 0.29) is 21.8 Å². The van der Waals surface area contributed by atoms with E-state index in [1.54, 1.807) is 18.2 Å². The van der Waals surface area contributed by atoms with Crippen LogP contribution in [0, 0.1) is 5.82 Å². The van der Waals surface area contributed by atoms with Gasteiger partial charge >= 0.3 is 0 Å². The first-order valence-electron chi connectivity index (χ1n) is 9.65. The van der Waals surface area contributed by atoms with Gasteiger partial charge in [-0.25, -0.2) is 29.0 Å². The van der Waals surface area contributed by atoms with E-state index in [0.29, 0.717) is 34.0 Å². The van der Waals surface area contributed by atoms with Gasteiger partial charge in [0.25, 0.3) is 5.56 Å². The summed E-state index contributed by atoms with van der Waals surface area (Å²) in [6, 6.07) is 10.3. The average molecular weight is 451 g/mol. The number of rotatable bonds is 5. The number of H-pyrrole nitrogens is 1. The van der Waals surface area contributed by atoms with Crippen LogP contribution in [0.25, 0.3) is 22.1 Å². The fourth-order valence-electron chi connectivity index (χ4n) is 3.40. The molecule has 0 aliphatic rings. The quantitative estimate of drug-likeness (QED) is 0.372. The minimum atomic E-state index is -0.472. The summed E-state index contributed by atoms with van der Waals surface area (Å²) in [4.78, 5) is 33.6. The van der Waals surface area contributed by atoms with E-state index < -0.39 is 6.04 Å². The van der Waals surface area contributed by atoms with Crippen LogP contribution in [0.1, 0.15) is 18.8 Å². The zero-order valence-electron chi connectivity index (χ0n) is 16.7. The van der Waals surface area contributed by atoms with Crippen molar-refractivity contribution in [1.29, 1.82) is 0 Å². The Kier molecular flexibility index (Phi) is 4.91. The minimum absolute atomic E-state index is 0.276. The number of aromatic nitrogens is 6. The molecule has 9 nitrogen and oxygen atoms in total. The summed E-state index contributed by atoms with van der Waals surface area (Å²) in [6.45, 7) is 1.84. The Bertz CT molecular complexity index is 1500. The van der Waals surface area contributed by atoms with Gasteiger partial charge in [-0.2, -0.15) is 0 Å². The monoisotopic (exact) mass is 450 g/mol. The van der Waals surface area contributed by atoms with Crippen LogP contribution in [0.5, 0.6) is 0 Å². The van der Waals surface area contributed by atoms with Gasteiger partial charge in [-0.15, -0.1) is 0 Å². The van der Waals surface area contributed by atoms with E-state index in [2.05, 4.69) is 35.7 Å². The Morgan fingerprint density at radius 1 is 1.12 bits per heavy atom. The van der Waals surface area contributed by atoms with E-state index in [0.717, 1.165) is 0 Å². The third-order valence-corrected chi connectivity index (χ3v) is 5.24. The lowest BCUT2D eigenvalue weighted by atomic mass is 10.2. The highest BCUT2D eigenvalue weighted by molar-refractivity contribution is 6.35. The molecule has 160 valence electrons. The first-order valence-corrected chi connectivity index (χ1v) is 10.0. The van der Waals surface area contributed by atoms with Gasteiger partial charge in [0.1, 0.15) is 17.7 Å². The number of benzene rings is 2. The standard InChI is InChI=1S/C21H16ClFN8O/c1-11(28-19-17-18(25-9-24-17)26-10-27-19)20-29-15-4-2-3-14(22)16(15)21(32)31(20)30-13-7-5-12(23)6-8-13/h2-11,30H,1H3,(H2,24,25,26,27,28)/t11-/m0/s1.